The Morgan fingerprint density at radius 1 is 1.35 bits per heavy atom. The number of ether oxygens (including phenoxy) is 1. The van der Waals surface area contributed by atoms with Crippen molar-refractivity contribution in [2.75, 3.05) is 31.0 Å². The molecule has 0 radical (unpaired) electrons. The largest absolute Gasteiger partial charge is 0.494 e. The first-order valence-corrected chi connectivity index (χ1v) is 8.92. The number of methoxy groups -OCH3 is 1. The molecule has 1 aromatic carbocycles. The SMILES string of the molecule is COc1ccc(CN(C)C(=O)CSCC(=O)Nc2cc(C)on2)cc1F. The van der Waals surface area contributed by atoms with Gasteiger partial charge in [-0.2, -0.15) is 0 Å². The van der Waals surface area contributed by atoms with Crippen LogP contribution in [-0.2, 0) is 16.1 Å². The quantitative estimate of drug-likeness (QED) is 0.756. The van der Waals surface area contributed by atoms with E-state index in [1.165, 1.54) is 35.9 Å². The van der Waals surface area contributed by atoms with E-state index in [1.54, 1.807) is 26.1 Å². The molecule has 0 saturated heterocycles. The summed E-state index contributed by atoms with van der Waals surface area (Å²) in [5.74, 6) is 0.458. The van der Waals surface area contributed by atoms with Crippen molar-refractivity contribution in [1.29, 1.82) is 0 Å². The molecule has 7 nitrogen and oxygen atoms in total. The van der Waals surface area contributed by atoms with Gasteiger partial charge >= 0.3 is 0 Å². The Bertz CT molecular complexity index is 781. The van der Waals surface area contributed by atoms with Crippen molar-refractivity contribution in [3.8, 4) is 5.75 Å². The molecule has 0 aliphatic rings. The number of nitrogens with zero attached hydrogens (tertiary/aromatic N) is 2. The molecule has 0 fully saturated rings. The maximum absolute atomic E-state index is 13.7. The fourth-order valence-corrected chi connectivity index (χ4v) is 2.87. The van der Waals surface area contributed by atoms with Crippen molar-refractivity contribution >= 4 is 29.4 Å². The van der Waals surface area contributed by atoms with Crippen LogP contribution >= 0.6 is 11.8 Å². The number of hydrogen-bond donors (Lipinski definition) is 1. The lowest BCUT2D eigenvalue weighted by Gasteiger charge is -2.17. The second kappa shape index (κ2) is 9.23. The lowest BCUT2D eigenvalue weighted by atomic mass is 10.2. The van der Waals surface area contributed by atoms with E-state index < -0.39 is 5.82 Å². The van der Waals surface area contributed by atoms with Crippen LogP contribution in [0.2, 0.25) is 0 Å². The van der Waals surface area contributed by atoms with Gasteiger partial charge in [0.05, 0.1) is 18.6 Å². The molecule has 2 amide bonds. The maximum atomic E-state index is 13.7. The minimum absolute atomic E-state index is 0.114. The third kappa shape index (κ3) is 5.76. The number of halogens is 1. The molecule has 9 heteroatoms. The summed E-state index contributed by atoms with van der Waals surface area (Å²) in [6, 6.07) is 6.17. The summed E-state index contributed by atoms with van der Waals surface area (Å²) in [5, 5.41) is 6.24. The predicted octanol–water partition coefficient (Wildman–Crippen LogP) is 2.46. The highest BCUT2D eigenvalue weighted by Gasteiger charge is 2.13. The molecule has 1 aromatic heterocycles. The molecule has 0 aliphatic carbocycles. The molecular weight excluding hydrogens is 361 g/mol. The molecule has 140 valence electrons. The van der Waals surface area contributed by atoms with E-state index in [0.717, 1.165) is 0 Å². The lowest BCUT2D eigenvalue weighted by molar-refractivity contribution is -0.127. The smallest absolute Gasteiger partial charge is 0.235 e. The number of aryl methyl sites for hydroxylation is 1. The Balaban J connectivity index is 1.74. The second-order valence-electron chi connectivity index (χ2n) is 5.58. The Morgan fingerprint density at radius 2 is 2.12 bits per heavy atom. The first-order valence-electron chi connectivity index (χ1n) is 7.76. The van der Waals surface area contributed by atoms with Gasteiger partial charge < -0.3 is 19.5 Å². The third-order valence-corrected chi connectivity index (χ3v) is 4.33. The maximum Gasteiger partial charge on any atom is 0.235 e. The number of aromatic nitrogens is 1. The Morgan fingerprint density at radius 3 is 2.73 bits per heavy atom. The van der Waals surface area contributed by atoms with Crippen molar-refractivity contribution in [2.45, 2.75) is 13.5 Å². The number of carbonyl (C=O) groups is 2. The molecule has 26 heavy (non-hydrogen) atoms. The number of anilines is 1. The van der Waals surface area contributed by atoms with Gasteiger partial charge in [0, 0.05) is 19.7 Å². The number of rotatable bonds is 8. The van der Waals surface area contributed by atoms with E-state index in [9.17, 15) is 14.0 Å². The van der Waals surface area contributed by atoms with Crippen LogP contribution in [0.25, 0.3) is 0 Å². The summed E-state index contributed by atoms with van der Waals surface area (Å²) in [6.07, 6.45) is 0. The number of benzene rings is 1. The van der Waals surface area contributed by atoms with E-state index in [0.29, 0.717) is 17.1 Å². The highest BCUT2D eigenvalue weighted by Crippen LogP contribution is 2.18. The van der Waals surface area contributed by atoms with Gasteiger partial charge in [0.1, 0.15) is 5.76 Å². The van der Waals surface area contributed by atoms with Crippen LogP contribution in [0.1, 0.15) is 11.3 Å². The molecule has 2 rings (SSSR count). The van der Waals surface area contributed by atoms with Crippen molar-refractivity contribution in [3.63, 3.8) is 0 Å². The number of hydrogen-bond acceptors (Lipinski definition) is 6. The zero-order chi connectivity index (χ0) is 19.1. The van der Waals surface area contributed by atoms with E-state index in [-0.39, 0.29) is 35.6 Å². The number of amides is 2. The second-order valence-corrected chi connectivity index (χ2v) is 6.57. The molecular formula is C17H20FN3O4S. The van der Waals surface area contributed by atoms with Gasteiger partial charge in [-0.1, -0.05) is 11.2 Å². The molecule has 0 saturated carbocycles. The fourth-order valence-electron chi connectivity index (χ4n) is 2.12. The molecule has 0 bridgehead atoms. The number of carbonyl (C=O) groups excluding carboxylic acids is 2. The minimum Gasteiger partial charge on any atom is -0.494 e. The topological polar surface area (TPSA) is 84.7 Å². The van der Waals surface area contributed by atoms with Gasteiger partial charge in [0.25, 0.3) is 0 Å². The Labute approximate surface area is 154 Å². The average molecular weight is 381 g/mol. The van der Waals surface area contributed by atoms with Crippen LogP contribution < -0.4 is 10.1 Å². The summed E-state index contributed by atoms with van der Waals surface area (Å²) >= 11 is 1.19. The standard InChI is InChI=1S/C17H20FN3O4S/c1-11-6-15(20-25-11)19-16(22)9-26-10-17(23)21(2)8-12-4-5-14(24-3)13(18)7-12/h4-7H,8-10H2,1-3H3,(H,19,20,22). The minimum atomic E-state index is -0.472. The van der Waals surface area contributed by atoms with Crippen LogP contribution in [0.4, 0.5) is 10.2 Å². The Hall–Kier alpha value is -2.55. The third-order valence-electron chi connectivity index (χ3n) is 3.42. The summed E-state index contributed by atoms with van der Waals surface area (Å²) < 4.78 is 23.4. The number of nitrogens with one attached hydrogen (secondary N) is 1. The van der Waals surface area contributed by atoms with Crippen molar-refractivity contribution in [2.24, 2.45) is 0 Å². The average Bonchev–Trinajstić information content (AvgIpc) is 2.99. The fraction of sp³-hybridized carbons (Fsp3) is 0.353. The van der Waals surface area contributed by atoms with Crippen LogP contribution in [0.5, 0.6) is 5.75 Å². The molecule has 1 heterocycles. The summed E-state index contributed by atoms with van der Waals surface area (Å²) in [6.45, 7) is 1.99. The van der Waals surface area contributed by atoms with E-state index >= 15 is 0 Å². The lowest BCUT2D eigenvalue weighted by Crippen LogP contribution is -2.28. The molecule has 1 N–H and O–H groups in total. The van der Waals surface area contributed by atoms with Gasteiger partial charge in [-0.05, 0) is 24.6 Å². The van der Waals surface area contributed by atoms with E-state index in [1.807, 2.05) is 0 Å². The molecule has 0 aliphatic heterocycles. The zero-order valence-electron chi connectivity index (χ0n) is 14.7. The molecule has 0 spiro atoms. The Kier molecular flexibility index (Phi) is 7.02. The van der Waals surface area contributed by atoms with E-state index in [4.69, 9.17) is 9.26 Å². The highest BCUT2D eigenvalue weighted by molar-refractivity contribution is 8.00. The van der Waals surface area contributed by atoms with Gasteiger partial charge in [0.15, 0.2) is 17.4 Å². The molecule has 0 unspecified atom stereocenters. The van der Waals surface area contributed by atoms with Gasteiger partial charge in [-0.25, -0.2) is 4.39 Å². The first kappa shape index (κ1) is 19.8. The van der Waals surface area contributed by atoms with Crippen LogP contribution in [0.3, 0.4) is 0 Å². The van der Waals surface area contributed by atoms with Crippen LogP contribution in [-0.4, -0.2) is 47.5 Å². The van der Waals surface area contributed by atoms with Gasteiger partial charge in [-0.15, -0.1) is 11.8 Å². The van der Waals surface area contributed by atoms with Gasteiger partial charge in [-0.3, -0.25) is 9.59 Å². The summed E-state index contributed by atoms with van der Waals surface area (Å²) in [5.41, 5.74) is 0.656. The van der Waals surface area contributed by atoms with Crippen molar-refractivity contribution in [3.05, 3.63) is 41.4 Å². The monoisotopic (exact) mass is 381 g/mol. The predicted molar refractivity (Wildman–Crippen MR) is 96.6 cm³/mol. The number of thioether (sulfide) groups is 1. The van der Waals surface area contributed by atoms with Crippen molar-refractivity contribution < 1.29 is 23.2 Å². The highest BCUT2D eigenvalue weighted by atomic mass is 32.2. The van der Waals surface area contributed by atoms with Crippen LogP contribution in [0.15, 0.2) is 28.8 Å². The summed E-state index contributed by atoms with van der Waals surface area (Å²) in [7, 11) is 3.02. The summed E-state index contributed by atoms with van der Waals surface area (Å²) in [4.78, 5) is 25.4. The zero-order valence-corrected chi connectivity index (χ0v) is 15.6. The van der Waals surface area contributed by atoms with Crippen molar-refractivity contribution in [1.82, 2.24) is 10.1 Å². The van der Waals surface area contributed by atoms with Gasteiger partial charge in [0.2, 0.25) is 11.8 Å². The first-order chi connectivity index (χ1) is 12.4. The van der Waals surface area contributed by atoms with E-state index in [2.05, 4.69) is 10.5 Å². The normalized spacial score (nSPS) is 10.5. The molecule has 0 atom stereocenters. The molecule has 2 aromatic rings. The van der Waals surface area contributed by atoms with Crippen LogP contribution in [0, 0.1) is 12.7 Å².